The summed E-state index contributed by atoms with van der Waals surface area (Å²) in [6, 6.07) is 0. The lowest BCUT2D eigenvalue weighted by Gasteiger charge is -2.22. The van der Waals surface area contributed by atoms with Gasteiger partial charge in [0.2, 0.25) is 0 Å². The van der Waals surface area contributed by atoms with E-state index in [4.69, 9.17) is 5.11 Å². The monoisotopic (exact) mass is 179 g/mol. The first-order valence-electron chi connectivity index (χ1n) is 2.29. The number of alkyl halides is 3. The van der Waals surface area contributed by atoms with Gasteiger partial charge in [0.1, 0.15) is 0 Å². The molecule has 0 radical (unpaired) electrons. The summed E-state index contributed by atoms with van der Waals surface area (Å²) >= 11 is 0. The molecule has 0 amide bonds. The first-order chi connectivity index (χ1) is 3.89. The zero-order chi connectivity index (χ0) is 7.65. The highest BCUT2D eigenvalue weighted by Crippen LogP contribution is 2.18. The van der Waals surface area contributed by atoms with Gasteiger partial charge in [-0.05, 0) is 6.92 Å². The number of rotatable bonds is 2. The van der Waals surface area contributed by atoms with Crippen molar-refractivity contribution in [1.29, 1.82) is 0 Å². The normalized spacial score (nSPS) is 19.5. The van der Waals surface area contributed by atoms with Gasteiger partial charge in [-0.25, -0.2) is 13.2 Å². The van der Waals surface area contributed by atoms with Crippen LogP contribution in [0.4, 0.5) is 13.2 Å². The van der Waals surface area contributed by atoms with Crippen LogP contribution in [-0.4, -0.2) is 23.4 Å². The summed E-state index contributed by atoms with van der Waals surface area (Å²) in [5.41, 5.74) is 1.65. The zero-order valence-corrected chi connectivity index (χ0v) is 6.04. The quantitative estimate of drug-likeness (QED) is 0.613. The molecule has 2 nitrogen and oxygen atoms in total. The highest BCUT2D eigenvalue weighted by atomic mass is 35.5. The van der Waals surface area contributed by atoms with Crippen molar-refractivity contribution in [3.05, 3.63) is 0 Å². The lowest BCUT2D eigenvalue weighted by atomic mass is 10.1. The molecule has 0 aromatic rings. The van der Waals surface area contributed by atoms with E-state index in [1.807, 2.05) is 0 Å². The first kappa shape index (κ1) is 12.7. The van der Waals surface area contributed by atoms with Gasteiger partial charge in [-0.1, -0.05) is 0 Å². The summed E-state index contributed by atoms with van der Waals surface area (Å²) in [6.45, 7) is 0.641. The van der Waals surface area contributed by atoms with E-state index in [0.717, 1.165) is 0 Å². The van der Waals surface area contributed by atoms with Crippen LogP contribution >= 0.6 is 12.4 Å². The molecule has 0 aromatic heterocycles. The fraction of sp³-hybridized carbons (Fsp3) is 1.00. The number of halogens is 4. The van der Waals surface area contributed by atoms with Crippen molar-refractivity contribution in [3.63, 3.8) is 0 Å². The van der Waals surface area contributed by atoms with Gasteiger partial charge in [0.25, 0.3) is 6.43 Å². The largest absolute Gasteiger partial charge is 0.380 e. The van der Waals surface area contributed by atoms with Gasteiger partial charge < -0.3 is 5.11 Å². The van der Waals surface area contributed by atoms with Crippen LogP contribution in [0.3, 0.4) is 0 Å². The van der Waals surface area contributed by atoms with Crippen LogP contribution < -0.4 is 5.73 Å². The van der Waals surface area contributed by atoms with Gasteiger partial charge in [0.15, 0.2) is 11.9 Å². The predicted molar refractivity (Wildman–Crippen MR) is 33.0 cm³/mol. The maximum atomic E-state index is 11.8. The van der Waals surface area contributed by atoms with Crippen molar-refractivity contribution in [2.45, 2.75) is 25.2 Å². The van der Waals surface area contributed by atoms with E-state index in [9.17, 15) is 13.2 Å². The van der Waals surface area contributed by atoms with E-state index in [2.05, 4.69) is 5.73 Å². The van der Waals surface area contributed by atoms with Gasteiger partial charge in [-0.2, -0.15) is 0 Å². The van der Waals surface area contributed by atoms with Crippen LogP contribution in [0.25, 0.3) is 0 Å². The molecule has 0 bridgehead atoms. The minimum atomic E-state index is -3.16. The van der Waals surface area contributed by atoms with Gasteiger partial charge in [0.05, 0.1) is 0 Å². The van der Waals surface area contributed by atoms with Crippen LogP contribution in [0.2, 0.25) is 0 Å². The van der Waals surface area contributed by atoms with E-state index in [0.29, 0.717) is 6.92 Å². The van der Waals surface area contributed by atoms with Gasteiger partial charge >= 0.3 is 0 Å². The fourth-order valence-electron chi connectivity index (χ4n) is 0.120. The van der Waals surface area contributed by atoms with E-state index in [-0.39, 0.29) is 12.4 Å². The topological polar surface area (TPSA) is 46.2 Å². The van der Waals surface area contributed by atoms with Crippen LogP contribution in [0.5, 0.6) is 0 Å². The molecule has 3 N–H and O–H groups in total. The van der Waals surface area contributed by atoms with Crippen LogP contribution in [0.15, 0.2) is 0 Å². The molecule has 0 fully saturated rings. The number of nitrogens with two attached hydrogens (primary N) is 1. The molecule has 0 aliphatic carbocycles. The molecule has 0 aromatic carbocycles. The average Bonchev–Trinajstić information content (AvgIpc) is 1.65. The molecule has 0 saturated heterocycles. The second-order valence-electron chi connectivity index (χ2n) is 1.93. The Hall–Kier alpha value is -0.0000000000000000555. The standard InChI is InChI=1S/C4H8F3NO.ClH/c1-4(9,2(5)6)3(7)8;/h2-3,9H,8H2,1H3;1H. The SMILES string of the molecule is CC(O)(C(N)F)C(F)F.Cl. The molecule has 64 valence electrons. The molecule has 0 spiro atoms. The molecule has 2 atom stereocenters. The number of hydrogen-bond donors (Lipinski definition) is 2. The second-order valence-corrected chi connectivity index (χ2v) is 1.93. The highest BCUT2D eigenvalue weighted by molar-refractivity contribution is 5.85. The molecular weight excluding hydrogens is 170 g/mol. The van der Waals surface area contributed by atoms with Crippen LogP contribution in [0, 0.1) is 0 Å². The summed E-state index contributed by atoms with van der Waals surface area (Å²) in [4.78, 5) is 0. The average molecular weight is 180 g/mol. The van der Waals surface area contributed by atoms with E-state index in [1.54, 1.807) is 0 Å². The predicted octanol–water partition coefficient (Wildman–Crippen LogP) is 0.679. The summed E-state index contributed by atoms with van der Waals surface area (Å²) in [7, 11) is 0. The van der Waals surface area contributed by atoms with E-state index in [1.165, 1.54) is 0 Å². The Balaban J connectivity index is 0. The molecule has 0 aliphatic rings. The molecule has 2 unspecified atom stereocenters. The fourth-order valence-corrected chi connectivity index (χ4v) is 0.120. The second kappa shape index (κ2) is 4.00. The van der Waals surface area contributed by atoms with Gasteiger partial charge in [0, 0.05) is 0 Å². The smallest absolute Gasteiger partial charge is 0.270 e. The minimum absolute atomic E-state index is 0. The third-order valence-electron chi connectivity index (χ3n) is 1.00. The Morgan fingerprint density at radius 3 is 1.70 bits per heavy atom. The lowest BCUT2D eigenvalue weighted by molar-refractivity contribution is -0.125. The summed E-state index contributed by atoms with van der Waals surface area (Å²) in [5, 5.41) is 8.42. The molecule has 0 rings (SSSR count). The Labute approximate surface area is 62.6 Å². The molecule has 0 saturated carbocycles. The van der Waals surface area contributed by atoms with Crippen molar-refractivity contribution in [2.24, 2.45) is 5.73 Å². The van der Waals surface area contributed by atoms with Crippen molar-refractivity contribution in [1.82, 2.24) is 0 Å². The van der Waals surface area contributed by atoms with Gasteiger partial charge in [-0.3, -0.25) is 5.73 Å². The van der Waals surface area contributed by atoms with Crippen molar-refractivity contribution in [3.8, 4) is 0 Å². The highest BCUT2D eigenvalue weighted by Gasteiger charge is 2.39. The molecule has 0 aliphatic heterocycles. The third-order valence-corrected chi connectivity index (χ3v) is 1.00. The van der Waals surface area contributed by atoms with Crippen LogP contribution in [-0.2, 0) is 0 Å². The zero-order valence-electron chi connectivity index (χ0n) is 5.22. The summed E-state index contributed by atoms with van der Waals surface area (Å²) < 4.78 is 34.8. The number of aliphatic hydroxyl groups is 1. The summed E-state index contributed by atoms with van der Waals surface area (Å²) in [6.07, 6.45) is -5.56. The van der Waals surface area contributed by atoms with E-state index >= 15 is 0 Å². The molecule has 0 heterocycles. The maximum absolute atomic E-state index is 11.8. The van der Waals surface area contributed by atoms with Crippen molar-refractivity contribution >= 4 is 12.4 Å². The summed E-state index contributed by atoms with van der Waals surface area (Å²) in [5.74, 6) is 0. The number of hydrogen-bond acceptors (Lipinski definition) is 2. The van der Waals surface area contributed by atoms with Crippen molar-refractivity contribution < 1.29 is 18.3 Å². The minimum Gasteiger partial charge on any atom is -0.380 e. The maximum Gasteiger partial charge on any atom is 0.270 e. The van der Waals surface area contributed by atoms with Crippen molar-refractivity contribution in [2.75, 3.05) is 0 Å². The van der Waals surface area contributed by atoms with Gasteiger partial charge in [-0.15, -0.1) is 12.4 Å². The first-order valence-corrected chi connectivity index (χ1v) is 2.29. The Bertz CT molecular complexity index is 88.5. The Morgan fingerprint density at radius 1 is 1.40 bits per heavy atom. The Kier molecular flexibility index (Phi) is 5.06. The van der Waals surface area contributed by atoms with E-state index < -0.39 is 18.3 Å². The molecular formula is C4H9ClF3NO. The Morgan fingerprint density at radius 2 is 1.70 bits per heavy atom. The lowest BCUT2D eigenvalue weighted by Crippen LogP contribution is -2.48. The van der Waals surface area contributed by atoms with Crippen LogP contribution in [0.1, 0.15) is 6.92 Å². The molecule has 6 heteroatoms. The third kappa shape index (κ3) is 2.72. The molecule has 10 heavy (non-hydrogen) atoms.